The second kappa shape index (κ2) is 3.97. The Balaban J connectivity index is 2.03. The van der Waals surface area contributed by atoms with Crippen molar-refractivity contribution in [3.8, 4) is 0 Å². The summed E-state index contributed by atoms with van der Waals surface area (Å²) in [6.45, 7) is 0.179. The summed E-state index contributed by atoms with van der Waals surface area (Å²) in [5, 5.41) is 0. The maximum absolute atomic E-state index is 13.2. The van der Waals surface area contributed by atoms with E-state index in [2.05, 4.69) is 0 Å². The first-order chi connectivity index (χ1) is 8.24. The zero-order valence-corrected chi connectivity index (χ0v) is 8.99. The number of halogens is 2. The van der Waals surface area contributed by atoms with E-state index in [0.29, 0.717) is 6.61 Å². The summed E-state index contributed by atoms with van der Waals surface area (Å²) < 4.78 is 31.6. The highest BCUT2D eigenvalue weighted by molar-refractivity contribution is 6.81. The third-order valence-corrected chi connectivity index (χ3v) is 2.97. The lowest BCUT2D eigenvalue weighted by Crippen LogP contribution is -2.41. The van der Waals surface area contributed by atoms with Crippen molar-refractivity contribution in [1.82, 2.24) is 0 Å². The normalized spacial score (nSPS) is 13.9. The molecule has 1 heterocycles. The Morgan fingerprint density at radius 3 is 2.41 bits per heavy atom. The number of hydrogen-bond donors (Lipinski definition) is 0. The van der Waals surface area contributed by atoms with Crippen molar-refractivity contribution in [3.63, 3.8) is 0 Å². The van der Waals surface area contributed by atoms with Gasteiger partial charge in [-0.25, -0.2) is 8.78 Å². The van der Waals surface area contributed by atoms with Crippen LogP contribution in [0.15, 0.2) is 42.5 Å². The smallest absolute Gasteiger partial charge is 0.362 e. The molecular formula is C13H9BF2O. The van der Waals surface area contributed by atoms with Gasteiger partial charge in [0.2, 0.25) is 0 Å². The van der Waals surface area contributed by atoms with Gasteiger partial charge in [0, 0.05) is 0 Å². The first-order valence-electron chi connectivity index (χ1n) is 5.39. The quantitative estimate of drug-likeness (QED) is 0.676. The highest BCUT2D eigenvalue weighted by Crippen LogP contribution is 2.12. The molecule has 0 N–H and O–H groups in total. The molecule has 3 rings (SSSR count). The summed E-state index contributed by atoms with van der Waals surface area (Å²) in [6, 6.07) is 10.7. The largest absolute Gasteiger partial charge is 0.423 e. The van der Waals surface area contributed by atoms with E-state index in [-0.39, 0.29) is 18.6 Å². The van der Waals surface area contributed by atoms with Crippen LogP contribution in [0.2, 0.25) is 0 Å². The van der Waals surface area contributed by atoms with Gasteiger partial charge in [0.05, 0.1) is 6.61 Å². The van der Waals surface area contributed by atoms with E-state index in [9.17, 15) is 8.78 Å². The monoisotopic (exact) mass is 230 g/mol. The van der Waals surface area contributed by atoms with Gasteiger partial charge in [-0.3, -0.25) is 0 Å². The molecule has 2 aromatic rings. The summed E-state index contributed by atoms with van der Waals surface area (Å²) in [4.78, 5) is 0. The average Bonchev–Trinajstić information content (AvgIpc) is 2.73. The second-order valence-electron chi connectivity index (χ2n) is 4.09. The summed E-state index contributed by atoms with van der Waals surface area (Å²) >= 11 is 0. The van der Waals surface area contributed by atoms with E-state index >= 15 is 0 Å². The van der Waals surface area contributed by atoms with Crippen molar-refractivity contribution >= 4 is 17.8 Å². The van der Waals surface area contributed by atoms with Gasteiger partial charge in [0.1, 0.15) is 11.6 Å². The number of fused-ring (bicyclic) bond motifs is 1. The van der Waals surface area contributed by atoms with Crippen LogP contribution in [0.4, 0.5) is 8.78 Å². The average molecular weight is 230 g/mol. The Hall–Kier alpha value is -1.68. The van der Waals surface area contributed by atoms with Gasteiger partial charge in [0.25, 0.3) is 0 Å². The molecule has 0 radical (unpaired) electrons. The molecule has 17 heavy (non-hydrogen) atoms. The number of hydrogen-bond acceptors (Lipinski definition) is 1. The van der Waals surface area contributed by atoms with Crippen molar-refractivity contribution in [2.24, 2.45) is 0 Å². The minimum Gasteiger partial charge on any atom is -0.423 e. The second-order valence-corrected chi connectivity index (χ2v) is 4.09. The van der Waals surface area contributed by atoms with Crippen molar-refractivity contribution in [1.29, 1.82) is 0 Å². The minimum absolute atomic E-state index is 0.277. The van der Waals surface area contributed by atoms with Gasteiger partial charge in [-0.15, -0.1) is 0 Å². The van der Waals surface area contributed by atoms with Gasteiger partial charge in [0.15, 0.2) is 0 Å². The van der Waals surface area contributed by atoms with Crippen molar-refractivity contribution in [3.05, 3.63) is 59.7 Å². The van der Waals surface area contributed by atoms with Gasteiger partial charge >= 0.3 is 6.92 Å². The maximum atomic E-state index is 13.2. The predicted molar refractivity (Wildman–Crippen MR) is 62.6 cm³/mol. The molecule has 0 saturated heterocycles. The Labute approximate surface area is 98.1 Å². The standard InChI is InChI=1S/C13H9BF2O/c15-11-5-2-10(3-6-11)14-13-7-12(16)4-1-9(13)8-17-14/h1-7H,8H2. The van der Waals surface area contributed by atoms with Crippen LogP contribution in [-0.2, 0) is 11.3 Å². The lowest BCUT2D eigenvalue weighted by atomic mass is 9.56. The molecule has 0 saturated carbocycles. The summed E-state index contributed by atoms with van der Waals surface area (Å²) in [5.74, 6) is -0.562. The van der Waals surface area contributed by atoms with Gasteiger partial charge in [-0.1, -0.05) is 18.2 Å². The molecule has 1 aliphatic rings. The topological polar surface area (TPSA) is 9.23 Å². The van der Waals surface area contributed by atoms with E-state index < -0.39 is 0 Å². The third-order valence-electron chi connectivity index (χ3n) is 2.97. The lowest BCUT2D eigenvalue weighted by Gasteiger charge is -2.06. The molecular weight excluding hydrogens is 221 g/mol. The molecule has 0 bridgehead atoms. The van der Waals surface area contributed by atoms with E-state index in [1.165, 1.54) is 24.3 Å². The fourth-order valence-electron chi connectivity index (χ4n) is 2.12. The van der Waals surface area contributed by atoms with E-state index in [1.54, 1.807) is 18.2 Å². The fraction of sp³-hybridized carbons (Fsp3) is 0.0769. The van der Waals surface area contributed by atoms with E-state index in [4.69, 9.17) is 4.65 Å². The van der Waals surface area contributed by atoms with Crippen molar-refractivity contribution in [2.45, 2.75) is 6.61 Å². The molecule has 1 nitrogen and oxygen atoms in total. The van der Waals surface area contributed by atoms with Crippen molar-refractivity contribution in [2.75, 3.05) is 0 Å². The van der Waals surface area contributed by atoms with Crippen LogP contribution in [-0.4, -0.2) is 6.92 Å². The number of rotatable bonds is 1. The lowest BCUT2D eigenvalue weighted by molar-refractivity contribution is 0.337. The van der Waals surface area contributed by atoms with Crippen LogP contribution in [0.25, 0.3) is 0 Å². The number of benzene rings is 2. The first-order valence-corrected chi connectivity index (χ1v) is 5.39. The molecule has 0 amide bonds. The van der Waals surface area contributed by atoms with Crippen LogP contribution >= 0.6 is 0 Å². The highest BCUT2D eigenvalue weighted by atomic mass is 19.1. The zero-order valence-electron chi connectivity index (χ0n) is 8.99. The highest BCUT2D eigenvalue weighted by Gasteiger charge is 2.30. The Bertz CT molecular complexity index is 554. The van der Waals surface area contributed by atoms with Gasteiger partial charge in [-0.05, 0) is 40.8 Å². The molecule has 2 aromatic carbocycles. The fourth-order valence-corrected chi connectivity index (χ4v) is 2.12. The molecule has 4 heteroatoms. The van der Waals surface area contributed by atoms with Crippen LogP contribution in [0.1, 0.15) is 5.56 Å². The van der Waals surface area contributed by atoms with Crippen molar-refractivity contribution < 1.29 is 13.4 Å². The Kier molecular flexibility index (Phi) is 2.44. The molecule has 1 aliphatic heterocycles. The predicted octanol–water partition coefficient (Wildman–Crippen LogP) is 1.60. The molecule has 0 spiro atoms. The molecule has 0 unspecified atom stereocenters. The van der Waals surface area contributed by atoms with Crippen LogP contribution in [0, 0.1) is 11.6 Å². The van der Waals surface area contributed by atoms with E-state index in [1.807, 2.05) is 0 Å². The maximum Gasteiger partial charge on any atom is 0.362 e. The summed E-state index contributed by atoms with van der Waals surface area (Å²) in [7, 11) is 0. The SMILES string of the molecule is Fc1ccc(B2OCc3ccc(F)cc32)cc1. The van der Waals surface area contributed by atoms with Gasteiger partial charge < -0.3 is 4.65 Å². The Morgan fingerprint density at radius 2 is 1.65 bits per heavy atom. The molecule has 0 aromatic heterocycles. The van der Waals surface area contributed by atoms with Crippen LogP contribution in [0.5, 0.6) is 0 Å². The zero-order chi connectivity index (χ0) is 11.8. The molecule has 84 valence electrons. The summed E-state index contributed by atoms with van der Waals surface area (Å²) in [6.07, 6.45) is 0. The Morgan fingerprint density at radius 1 is 0.941 bits per heavy atom. The summed E-state index contributed by atoms with van der Waals surface area (Å²) in [5.41, 5.74) is 2.66. The molecule has 0 atom stereocenters. The molecule has 0 aliphatic carbocycles. The molecule has 0 fully saturated rings. The van der Waals surface area contributed by atoms with Gasteiger partial charge in [-0.2, -0.15) is 0 Å². The van der Waals surface area contributed by atoms with Crippen LogP contribution < -0.4 is 10.9 Å². The third kappa shape index (κ3) is 1.85. The van der Waals surface area contributed by atoms with Crippen LogP contribution in [0.3, 0.4) is 0 Å². The minimum atomic E-state index is -0.290. The first kappa shape index (κ1) is 10.5. The van der Waals surface area contributed by atoms with E-state index in [0.717, 1.165) is 16.5 Å².